The molecule has 3 heteroatoms. The zero-order valence-electron chi connectivity index (χ0n) is 15.2. The van der Waals surface area contributed by atoms with Gasteiger partial charge in [0, 0.05) is 12.6 Å². The van der Waals surface area contributed by atoms with Crippen molar-refractivity contribution in [3.63, 3.8) is 0 Å². The molecule has 0 spiro atoms. The van der Waals surface area contributed by atoms with Gasteiger partial charge >= 0.3 is 0 Å². The predicted molar refractivity (Wildman–Crippen MR) is 93.4 cm³/mol. The van der Waals surface area contributed by atoms with E-state index in [0.717, 1.165) is 19.4 Å². The minimum absolute atomic E-state index is 0.0601. The summed E-state index contributed by atoms with van der Waals surface area (Å²) in [4.78, 5) is 14.4. The van der Waals surface area contributed by atoms with Gasteiger partial charge in [0.1, 0.15) is 11.6 Å². The van der Waals surface area contributed by atoms with Crippen molar-refractivity contribution in [1.82, 2.24) is 4.90 Å². The van der Waals surface area contributed by atoms with Crippen LogP contribution in [0.3, 0.4) is 0 Å². The minimum Gasteiger partial charge on any atom is -0.335 e. The van der Waals surface area contributed by atoms with E-state index in [0.29, 0.717) is 17.5 Å². The summed E-state index contributed by atoms with van der Waals surface area (Å²) in [5.41, 5.74) is 0.294. The number of hydrogen-bond acceptors (Lipinski definition) is 2. The lowest BCUT2D eigenvalue weighted by Crippen LogP contribution is -2.40. The maximum atomic E-state index is 12.4. The molecule has 22 heavy (non-hydrogen) atoms. The van der Waals surface area contributed by atoms with Crippen molar-refractivity contribution in [3.8, 4) is 6.07 Å². The molecule has 1 heterocycles. The Labute approximate surface area is 137 Å². The molecule has 1 rings (SSSR count). The number of likely N-dealkylation sites (tertiary alicyclic amines) is 1. The van der Waals surface area contributed by atoms with Gasteiger partial charge in [-0.2, -0.15) is 5.26 Å². The molecule has 1 saturated heterocycles. The maximum absolute atomic E-state index is 12.4. The highest BCUT2D eigenvalue weighted by molar-refractivity contribution is 5.97. The second kappa shape index (κ2) is 12.3. The number of carbonyl (C=O) groups excluding carboxylic acids is 1. The predicted octanol–water partition coefficient (Wildman–Crippen LogP) is 5.08. The van der Waals surface area contributed by atoms with Crippen LogP contribution in [0.25, 0.3) is 0 Å². The number of hydrogen-bond donors (Lipinski definition) is 0. The van der Waals surface area contributed by atoms with Gasteiger partial charge in [0.2, 0.25) is 0 Å². The van der Waals surface area contributed by atoms with E-state index >= 15 is 0 Å². The average molecular weight is 306 g/mol. The number of carbonyl (C=O) groups is 1. The Bertz CT molecular complexity index is 381. The lowest BCUT2D eigenvalue weighted by molar-refractivity contribution is -0.128. The Morgan fingerprint density at radius 3 is 2.50 bits per heavy atom. The molecule has 1 fully saturated rings. The van der Waals surface area contributed by atoms with Crippen LogP contribution >= 0.6 is 0 Å². The smallest absolute Gasteiger partial charge is 0.264 e. The molecule has 126 valence electrons. The molecule has 0 aromatic rings. The fourth-order valence-electron chi connectivity index (χ4n) is 3.29. The molecule has 1 aliphatic rings. The molecule has 0 aromatic carbocycles. The zero-order chi connectivity index (χ0) is 17.0. The Balaban J connectivity index is 0.00000211. The van der Waals surface area contributed by atoms with E-state index in [-0.39, 0.29) is 5.91 Å². The van der Waals surface area contributed by atoms with Crippen LogP contribution in [-0.2, 0) is 4.79 Å². The van der Waals surface area contributed by atoms with Gasteiger partial charge in [-0.05, 0) is 38.5 Å². The van der Waals surface area contributed by atoms with Crippen LogP contribution in [0.4, 0.5) is 0 Å². The van der Waals surface area contributed by atoms with E-state index in [1.54, 1.807) is 13.0 Å². The van der Waals surface area contributed by atoms with Gasteiger partial charge < -0.3 is 4.90 Å². The van der Waals surface area contributed by atoms with E-state index < -0.39 is 0 Å². The monoisotopic (exact) mass is 306 g/mol. The van der Waals surface area contributed by atoms with Crippen LogP contribution in [0, 0.1) is 17.2 Å². The van der Waals surface area contributed by atoms with Crippen LogP contribution in [-0.4, -0.2) is 23.4 Å². The first-order valence-electron chi connectivity index (χ1n) is 9.06. The number of rotatable bonds is 7. The number of allylic oxidation sites excluding steroid dienone is 1. The largest absolute Gasteiger partial charge is 0.335 e. The first-order valence-corrected chi connectivity index (χ1v) is 9.06. The van der Waals surface area contributed by atoms with Crippen molar-refractivity contribution in [2.75, 3.05) is 6.54 Å². The van der Waals surface area contributed by atoms with Gasteiger partial charge in [-0.1, -0.05) is 53.0 Å². The van der Waals surface area contributed by atoms with Crippen LogP contribution in [0.1, 0.15) is 79.6 Å². The van der Waals surface area contributed by atoms with Crippen molar-refractivity contribution in [2.24, 2.45) is 5.92 Å². The van der Waals surface area contributed by atoms with Crippen molar-refractivity contribution in [3.05, 3.63) is 11.6 Å². The summed E-state index contributed by atoms with van der Waals surface area (Å²) in [6.45, 7) is 11.0. The molecule has 0 radical (unpaired) electrons. The van der Waals surface area contributed by atoms with Crippen LogP contribution in [0.2, 0.25) is 0 Å². The van der Waals surface area contributed by atoms with E-state index in [4.69, 9.17) is 5.26 Å². The van der Waals surface area contributed by atoms with E-state index in [9.17, 15) is 4.79 Å². The lowest BCUT2D eigenvalue weighted by atomic mass is 9.88. The second-order valence-corrected chi connectivity index (χ2v) is 5.71. The zero-order valence-corrected chi connectivity index (χ0v) is 15.2. The Morgan fingerprint density at radius 1 is 1.32 bits per heavy atom. The summed E-state index contributed by atoms with van der Waals surface area (Å²) < 4.78 is 0. The topological polar surface area (TPSA) is 44.1 Å². The quantitative estimate of drug-likeness (QED) is 0.486. The van der Waals surface area contributed by atoms with Crippen molar-refractivity contribution < 1.29 is 4.79 Å². The molecule has 0 aliphatic carbocycles. The van der Waals surface area contributed by atoms with Crippen molar-refractivity contribution in [1.29, 1.82) is 5.26 Å². The van der Waals surface area contributed by atoms with Crippen LogP contribution < -0.4 is 0 Å². The van der Waals surface area contributed by atoms with E-state index in [1.807, 2.05) is 24.8 Å². The SMILES string of the molecule is C/C=C(\C#N)C(=O)N1CCCC1C(CCC)CCCC.CC. The first-order chi connectivity index (χ1) is 10.7. The van der Waals surface area contributed by atoms with E-state index in [1.165, 1.54) is 32.1 Å². The van der Waals surface area contributed by atoms with Crippen LogP contribution in [0.5, 0.6) is 0 Å². The molecule has 1 amide bonds. The molecule has 1 aliphatic heterocycles. The minimum atomic E-state index is -0.0601. The Kier molecular flexibility index (Phi) is 11.5. The standard InChI is InChI=1S/C17H28N2O.C2H6/c1-4-7-10-15(9-5-2)16-11-8-12-19(16)17(20)14(6-3)13-18;1-2/h6,15-16H,4-5,7-12H2,1-3H3;1-2H3/b14-6+;. The molecule has 2 unspecified atom stereocenters. The lowest BCUT2D eigenvalue weighted by Gasteiger charge is -2.31. The average Bonchev–Trinajstić information content (AvgIpc) is 3.03. The third-order valence-electron chi connectivity index (χ3n) is 4.33. The maximum Gasteiger partial charge on any atom is 0.264 e. The summed E-state index contributed by atoms with van der Waals surface area (Å²) >= 11 is 0. The highest BCUT2D eigenvalue weighted by Crippen LogP contribution is 2.31. The van der Waals surface area contributed by atoms with Gasteiger partial charge in [-0.15, -0.1) is 0 Å². The molecule has 0 aromatic heterocycles. The van der Waals surface area contributed by atoms with Gasteiger partial charge in [0.25, 0.3) is 5.91 Å². The van der Waals surface area contributed by atoms with Crippen molar-refractivity contribution >= 4 is 5.91 Å². The fourth-order valence-corrected chi connectivity index (χ4v) is 3.29. The molecular formula is C19H34N2O. The third-order valence-corrected chi connectivity index (χ3v) is 4.33. The summed E-state index contributed by atoms with van der Waals surface area (Å²) in [7, 11) is 0. The Morgan fingerprint density at radius 2 is 2.00 bits per heavy atom. The molecule has 3 nitrogen and oxygen atoms in total. The van der Waals surface area contributed by atoms with E-state index in [2.05, 4.69) is 13.8 Å². The number of unbranched alkanes of at least 4 members (excludes halogenated alkanes) is 1. The summed E-state index contributed by atoms with van der Waals surface area (Å²) in [6.07, 6.45) is 9.81. The fraction of sp³-hybridized carbons (Fsp3) is 0.789. The van der Waals surface area contributed by atoms with Crippen LogP contribution in [0.15, 0.2) is 11.6 Å². The van der Waals surface area contributed by atoms with Gasteiger partial charge in [0.15, 0.2) is 0 Å². The summed E-state index contributed by atoms with van der Waals surface area (Å²) in [5, 5.41) is 9.06. The third kappa shape index (κ3) is 5.83. The molecule has 2 atom stereocenters. The molecule has 0 saturated carbocycles. The molecular weight excluding hydrogens is 272 g/mol. The number of nitriles is 1. The Hall–Kier alpha value is -1.30. The second-order valence-electron chi connectivity index (χ2n) is 5.71. The molecule has 0 bridgehead atoms. The first kappa shape index (κ1) is 20.7. The molecule has 0 N–H and O–H groups in total. The summed E-state index contributed by atoms with van der Waals surface area (Å²) in [6, 6.07) is 2.38. The summed E-state index contributed by atoms with van der Waals surface area (Å²) in [5.74, 6) is 0.540. The highest BCUT2D eigenvalue weighted by Gasteiger charge is 2.34. The van der Waals surface area contributed by atoms with Gasteiger partial charge in [0.05, 0.1) is 0 Å². The van der Waals surface area contributed by atoms with Gasteiger partial charge in [-0.25, -0.2) is 0 Å². The number of nitrogens with zero attached hydrogens (tertiary/aromatic N) is 2. The highest BCUT2D eigenvalue weighted by atomic mass is 16.2. The number of amides is 1. The van der Waals surface area contributed by atoms with Gasteiger partial charge in [-0.3, -0.25) is 4.79 Å². The van der Waals surface area contributed by atoms with Crippen molar-refractivity contribution in [2.45, 2.75) is 85.6 Å². The normalized spacial score (nSPS) is 19.2.